The number of nitro groups is 1. The Balaban J connectivity index is 1.44. The van der Waals surface area contributed by atoms with Crippen LogP contribution in [0.5, 0.6) is 0 Å². The van der Waals surface area contributed by atoms with Gasteiger partial charge in [-0.1, -0.05) is 13.3 Å². The minimum Gasteiger partial charge on any atom is -0.449 e. The molecule has 2 aliphatic rings. The van der Waals surface area contributed by atoms with Gasteiger partial charge < -0.3 is 14.5 Å². The summed E-state index contributed by atoms with van der Waals surface area (Å²) in [5.74, 6) is -1.21. The zero-order valence-corrected chi connectivity index (χ0v) is 17.9. The van der Waals surface area contributed by atoms with E-state index < -0.39 is 16.7 Å². The molecule has 1 saturated heterocycles. The molecule has 172 valence electrons. The highest BCUT2D eigenvalue weighted by Crippen LogP contribution is 2.27. The van der Waals surface area contributed by atoms with Gasteiger partial charge >= 0.3 is 6.09 Å². The van der Waals surface area contributed by atoms with Crippen molar-refractivity contribution in [3.05, 3.63) is 39.4 Å². The van der Waals surface area contributed by atoms with Crippen LogP contribution in [-0.2, 0) is 9.53 Å². The van der Waals surface area contributed by atoms with E-state index in [9.17, 15) is 29.3 Å². The molecule has 32 heavy (non-hydrogen) atoms. The van der Waals surface area contributed by atoms with Gasteiger partial charge in [0, 0.05) is 51.3 Å². The number of piperazine rings is 1. The number of carbonyl (C=O) groups excluding carboxylic acids is 4. The molecule has 2 aliphatic heterocycles. The molecule has 2 heterocycles. The lowest BCUT2D eigenvalue weighted by atomic mass is 10.1. The van der Waals surface area contributed by atoms with Crippen molar-refractivity contribution in [2.45, 2.75) is 32.6 Å². The van der Waals surface area contributed by atoms with Crippen molar-refractivity contribution in [2.24, 2.45) is 0 Å². The summed E-state index contributed by atoms with van der Waals surface area (Å²) < 4.78 is 5.18. The summed E-state index contributed by atoms with van der Waals surface area (Å²) in [4.78, 5) is 63.9. The highest BCUT2D eigenvalue weighted by atomic mass is 16.6. The number of fused-ring (bicyclic) bond motifs is 1. The maximum atomic E-state index is 12.5. The van der Waals surface area contributed by atoms with Crippen molar-refractivity contribution in [1.29, 1.82) is 0 Å². The molecule has 11 nitrogen and oxygen atoms in total. The third-order valence-corrected chi connectivity index (χ3v) is 5.55. The molecule has 0 N–H and O–H groups in total. The summed E-state index contributed by atoms with van der Waals surface area (Å²) in [5, 5.41) is 10.9. The highest BCUT2D eigenvalue weighted by Gasteiger charge is 2.36. The minimum atomic E-state index is -0.621. The van der Waals surface area contributed by atoms with Crippen LogP contribution >= 0.6 is 0 Å². The van der Waals surface area contributed by atoms with Crippen LogP contribution in [-0.4, -0.2) is 82.8 Å². The molecule has 0 aromatic heterocycles. The van der Waals surface area contributed by atoms with Gasteiger partial charge in [-0.15, -0.1) is 0 Å². The summed E-state index contributed by atoms with van der Waals surface area (Å²) in [7, 11) is 0. The standard InChI is InChI=1S/C21H26N4O7/c1-2-3-13-32-21(29)23-11-9-22(10-12-23)18(26)5-4-8-24-19(27)16-7-6-15(25(30)31)14-17(16)20(24)28/h6-7,14H,2-5,8-13H2,1H3. The average molecular weight is 446 g/mol. The Labute approximate surface area is 185 Å². The molecule has 0 aliphatic carbocycles. The van der Waals surface area contributed by atoms with E-state index in [1.807, 2.05) is 6.92 Å². The topological polar surface area (TPSA) is 130 Å². The zero-order valence-electron chi connectivity index (χ0n) is 17.9. The summed E-state index contributed by atoms with van der Waals surface area (Å²) in [6.45, 7) is 4.05. The summed E-state index contributed by atoms with van der Waals surface area (Å²) in [5.41, 5.74) is -0.110. The van der Waals surface area contributed by atoms with Crippen LogP contribution in [0.4, 0.5) is 10.5 Å². The number of non-ortho nitro benzene ring substituents is 1. The van der Waals surface area contributed by atoms with E-state index in [1.54, 1.807) is 9.80 Å². The Morgan fingerprint density at radius 3 is 2.34 bits per heavy atom. The predicted molar refractivity (Wildman–Crippen MR) is 112 cm³/mol. The second-order valence-electron chi connectivity index (χ2n) is 7.69. The summed E-state index contributed by atoms with van der Waals surface area (Å²) in [6.07, 6.45) is 1.82. The van der Waals surface area contributed by atoms with Gasteiger partial charge in [-0.25, -0.2) is 4.79 Å². The Bertz CT molecular complexity index is 925. The number of unbranched alkanes of at least 4 members (excludes halogenated alkanes) is 1. The lowest BCUT2D eigenvalue weighted by Gasteiger charge is -2.34. The van der Waals surface area contributed by atoms with Gasteiger partial charge in [0.25, 0.3) is 17.5 Å². The molecular weight excluding hydrogens is 420 g/mol. The maximum Gasteiger partial charge on any atom is 0.409 e. The number of benzene rings is 1. The second kappa shape index (κ2) is 10.2. The molecule has 4 amide bonds. The Morgan fingerprint density at radius 1 is 1.03 bits per heavy atom. The van der Waals surface area contributed by atoms with Gasteiger partial charge in [0.1, 0.15) is 0 Å². The van der Waals surface area contributed by atoms with Gasteiger partial charge in [-0.3, -0.25) is 29.4 Å². The third-order valence-electron chi connectivity index (χ3n) is 5.55. The zero-order chi connectivity index (χ0) is 23.3. The van der Waals surface area contributed by atoms with Crippen LogP contribution in [0.3, 0.4) is 0 Å². The molecule has 0 radical (unpaired) electrons. The third kappa shape index (κ3) is 5.04. The molecule has 1 aromatic carbocycles. The molecule has 11 heteroatoms. The van der Waals surface area contributed by atoms with Crippen molar-refractivity contribution in [3.63, 3.8) is 0 Å². The first-order valence-corrected chi connectivity index (χ1v) is 10.7. The van der Waals surface area contributed by atoms with E-state index in [0.717, 1.165) is 23.8 Å². The lowest BCUT2D eigenvalue weighted by molar-refractivity contribution is -0.384. The van der Waals surface area contributed by atoms with Crippen LogP contribution in [0.1, 0.15) is 53.3 Å². The van der Waals surface area contributed by atoms with E-state index in [-0.39, 0.29) is 48.2 Å². The fourth-order valence-electron chi connectivity index (χ4n) is 3.68. The van der Waals surface area contributed by atoms with Gasteiger partial charge in [0.15, 0.2) is 0 Å². The lowest BCUT2D eigenvalue weighted by Crippen LogP contribution is -2.50. The molecule has 0 spiro atoms. The fourth-order valence-corrected chi connectivity index (χ4v) is 3.68. The highest BCUT2D eigenvalue weighted by molar-refractivity contribution is 6.21. The number of carbonyl (C=O) groups is 4. The first-order valence-electron chi connectivity index (χ1n) is 10.7. The van der Waals surface area contributed by atoms with Crippen molar-refractivity contribution in [1.82, 2.24) is 14.7 Å². The number of hydrogen-bond donors (Lipinski definition) is 0. The van der Waals surface area contributed by atoms with Crippen molar-refractivity contribution in [2.75, 3.05) is 39.3 Å². The fraction of sp³-hybridized carbons (Fsp3) is 0.524. The number of ether oxygens (including phenoxy) is 1. The van der Waals surface area contributed by atoms with Crippen molar-refractivity contribution < 1.29 is 28.8 Å². The number of amides is 4. The molecule has 1 aromatic rings. The van der Waals surface area contributed by atoms with Gasteiger partial charge in [-0.2, -0.15) is 0 Å². The largest absolute Gasteiger partial charge is 0.449 e. The molecule has 3 rings (SSSR count). The van der Waals surface area contributed by atoms with E-state index in [1.165, 1.54) is 12.1 Å². The number of nitro benzene ring substituents is 1. The SMILES string of the molecule is CCCCOC(=O)N1CCN(C(=O)CCCN2C(=O)c3ccc([N+](=O)[O-])cc3C2=O)CC1. The number of nitrogens with zero attached hydrogens (tertiary/aromatic N) is 4. The number of imide groups is 1. The van der Waals surface area contributed by atoms with E-state index in [4.69, 9.17) is 4.74 Å². The number of rotatable bonds is 8. The van der Waals surface area contributed by atoms with Crippen molar-refractivity contribution in [3.8, 4) is 0 Å². The summed E-state index contributed by atoms with van der Waals surface area (Å²) >= 11 is 0. The van der Waals surface area contributed by atoms with Gasteiger partial charge in [-0.05, 0) is 18.9 Å². The van der Waals surface area contributed by atoms with Crippen molar-refractivity contribution >= 4 is 29.5 Å². The van der Waals surface area contributed by atoms with E-state index in [0.29, 0.717) is 32.8 Å². The number of hydrogen-bond acceptors (Lipinski definition) is 7. The predicted octanol–water partition coefficient (Wildman–Crippen LogP) is 2.05. The minimum absolute atomic E-state index is 0.0115. The molecule has 1 fully saturated rings. The Kier molecular flexibility index (Phi) is 7.39. The normalized spacial score (nSPS) is 15.7. The monoisotopic (exact) mass is 446 g/mol. The molecule has 0 atom stereocenters. The van der Waals surface area contributed by atoms with Crippen LogP contribution in [0, 0.1) is 10.1 Å². The van der Waals surface area contributed by atoms with E-state index in [2.05, 4.69) is 0 Å². The molecule has 0 bridgehead atoms. The smallest absolute Gasteiger partial charge is 0.409 e. The molecule has 0 unspecified atom stereocenters. The Hall–Kier alpha value is -3.50. The van der Waals surface area contributed by atoms with Gasteiger partial charge in [0.2, 0.25) is 5.91 Å². The summed E-state index contributed by atoms with van der Waals surface area (Å²) in [6, 6.07) is 3.58. The second-order valence-corrected chi connectivity index (χ2v) is 7.69. The van der Waals surface area contributed by atoms with Crippen LogP contribution < -0.4 is 0 Å². The quantitative estimate of drug-likeness (QED) is 0.258. The molecule has 0 saturated carbocycles. The van der Waals surface area contributed by atoms with Crippen LogP contribution in [0.25, 0.3) is 0 Å². The van der Waals surface area contributed by atoms with Gasteiger partial charge in [0.05, 0.1) is 22.7 Å². The average Bonchev–Trinajstić information content (AvgIpc) is 3.03. The van der Waals surface area contributed by atoms with E-state index >= 15 is 0 Å². The first-order chi connectivity index (χ1) is 15.3. The maximum absolute atomic E-state index is 12.5. The Morgan fingerprint density at radius 2 is 1.69 bits per heavy atom. The van der Waals surface area contributed by atoms with Crippen LogP contribution in [0.2, 0.25) is 0 Å². The first kappa shape index (κ1) is 23.2. The van der Waals surface area contributed by atoms with Crippen LogP contribution in [0.15, 0.2) is 18.2 Å². The molecular formula is C21H26N4O7.